The number of amides is 2. The van der Waals surface area contributed by atoms with Crippen molar-refractivity contribution in [1.82, 2.24) is 10.2 Å². The van der Waals surface area contributed by atoms with Gasteiger partial charge in [0.1, 0.15) is 5.84 Å². The fourth-order valence-electron chi connectivity index (χ4n) is 1.94. The van der Waals surface area contributed by atoms with Crippen molar-refractivity contribution >= 4 is 11.9 Å². The third-order valence-corrected chi connectivity index (χ3v) is 3.58. The normalized spacial score (nSPS) is 20.2. The number of urea groups is 1. The lowest BCUT2D eigenvalue weighted by atomic mass is 9.98. The highest BCUT2D eigenvalue weighted by atomic mass is 16.2. The third kappa shape index (κ3) is 3.61. The Balaban J connectivity index is 2.60. The molecule has 0 aromatic carbocycles. The zero-order valence-electron chi connectivity index (χ0n) is 10.9. The van der Waals surface area contributed by atoms with Crippen LogP contribution in [0.5, 0.6) is 0 Å². The number of nitrogens with two attached hydrogens (primary N) is 1. The number of nitrogens with one attached hydrogen (secondary N) is 2. The van der Waals surface area contributed by atoms with E-state index in [-0.39, 0.29) is 11.9 Å². The van der Waals surface area contributed by atoms with Crippen LogP contribution in [-0.4, -0.2) is 35.4 Å². The van der Waals surface area contributed by atoms with Crippen molar-refractivity contribution in [3.05, 3.63) is 0 Å². The number of likely N-dealkylation sites (tertiary alicyclic amines) is 1. The summed E-state index contributed by atoms with van der Waals surface area (Å²) in [6, 6.07) is -0.0912. The molecule has 2 amide bonds. The second-order valence-electron chi connectivity index (χ2n) is 4.93. The van der Waals surface area contributed by atoms with Gasteiger partial charge in [-0.25, -0.2) is 4.79 Å². The van der Waals surface area contributed by atoms with Gasteiger partial charge in [-0.3, -0.25) is 5.41 Å². The molecule has 1 heterocycles. The maximum atomic E-state index is 12.1. The minimum absolute atomic E-state index is 0.0168. The van der Waals surface area contributed by atoms with Crippen molar-refractivity contribution in [3.8, 4) is 0 Å². The number of carbonyl (C=O) groups excluding carboxylic acids is 1. The van der Waals surface area contributed by atoms with E-state index in [0.717, 1.165) is 25.9 Å². The lowest BCUT2D eigenvalue weighted by Crippen LogP contribution is -2.58. The molecule has 0 aliphatic carbocycles. The van der Waals surface area contributed by atoms with E-state index in [1.54, 1.807) is 6.92 Å². The first-order valence-electron chi connectivity index (χ1n) is 6.41. The van der Waals surface area contributed by atoms with E-state index in [1.807, 2.05) is 11.8 Å². The lowest BCUT2D eigenvalue weighted by Gasteiger charge is -2.31. The predicted molar refractivity (Wildman–Crippen MR) is 69.2 cm³/mol. The molecule has 0 aromatic heterocycles. The van der Waals surface area contributed by atoms with Crippen molar-refractivity contribution in [2.75, 3.05) is 13.1 Å². The summed E-state index contributed by atoms with van der Waals surface area (Å²) in [5.74, 6) is 0.0168. The SMILES string of the molecule is CCC(C)(NC(=O)N1CCCCCC1)C(=N)N. The number of nitrogens with zero attached hydrogens (tertiary/aromatic N) is 1. The maximum Gasteiger partial charge on any atom is 0.318 e. The molecule has 5 nitrogen and oxygen atoms in total. The van der Waals surface area contributed by atoms with E-state index in [2.05, 4.69) is 5.32 Å². The number of carbonyl (C=O) groups is 1. The highest BCUT2D eigenvalue weighted by Crippen LogP contribution is 2.13. The lowest BCUT2D eigenvalue weighted by molar-refractivity contribution is 0.192. The fourth-order valence-corrected chi connectivity index (χ4v) is 1.94. The standard InChI is InChI=1S/C12H24N4O/c1-3-12(2,10(13)14)15-11(17)16-8-6-4-5-7-9-16/h3-9H2,1-2H3,(H3,13,14)(H,15,17). The van der Waals surface area contributed by atoms with Crippen molar-refractivity contribution in [1.29, 1.82) is 5.41 Å². The maximum absolute atomic E-state index is 12.1. The van der Waals surface area contributed by atoms with Gasteiger partial charge in [0.05, 0.1) is 5.54 Å². The Morgan fingerprint density at radius 3 is 2.29 bits per heavy atom. The summed E-state index contributed by atoms with van der Waals surface area (Å²) in [6.45, 7) is 5.34. The topological polar surface area (TPSA) is 82.2 Å². The molecular weight excluding hydrogens is 216 g/mol. The minimum Gasteiger partial charge on any atom is -0.386 e. The molecule has 1 aliphatic rings. The third-order valence-electron chi connectivity index (χ3n) is 3.58. The van der Waals surface area contributed by atoms with Gasteiger partial charge in [0.2, 0.25) is 0 Å². The molecule has 1 rings (SSSR count). The Bertz CT molecular complexity index is 284. The monoisotopic (exact) mass is 240 g/mol. The molecule has 98 valence electrons. The van der Waals surface area contributed by atoms with Crippen LogP contribution in [0.2, 0.25) is 0 Å². The Morgan fingerprint density at radius 1 is 1.35 bits per heavy atom. The van der Waals surface area contributed by atoms with Gasteiger partial charge in [0.15, 0.2) is 0 Å². The zero-order valence-corrected chi connectivity index (χ0v) is 10.9. The molecule has 0 spiro atoms. The summed E-state index contributed by atoms with van der Waals surface area (Å²) in [4.78, 5) is 13.9. The molecule has 1 unspecified atom stereocenters. The number of amidine groups is 1. The van der Waals surface area contributed by atoms with E-state index in [4.69, 9.17) is 11.1 Å². The molecule has 5 heteroatoms. The van der Waals surface area contributed by atoms with Gasteiger partial charge < -0.3 is 16.0 Å². The molecule has 1 saturated heterocycles. The fraction of sp³-hybridized carbons (Fsp3) is 0.833. The Hall–Kier alpha value is -1.26. The van der Waals surface area contributed by atoms with E-state index in [9.17, 15) is 4.79 Å². The molecule has 0 radical (unpaired) electrons. The summed E-state index contributed by atoms with van der Waals surface area (Å²) >= 11 is 0. The number of hydrogen-bond acceptors (Lipinski definition) is 2. The second-order valence-corrected chi connectivity index (χ2v) is 4.93. The van der Waals surface area contributed by atoms with Gasteiger partial charge in [-0.1, -0.05) is 19.8 Å². The van der Waals surface area contributed by atoms with E-state index < -0.39 is 5.54 Å². The smallest absolute Gasteiger partial charge is 0.318 e. The first-order chi connectivity index (χ1) is 7.99. The molecule has 0 aromatic rings. The molecular formula is C12H24N4O. The highest BCUT2D eigenvalue weighted by Gasteiger charge is 2.29. The minimum atomic E-state index is -0.719. The summed E-state index contributed by atoms with van der Waals surface area (Å²) in [5.41, 5.74) is 4.82. The van der Waals surface area contributed by atoms with Gasteiger partial charge in [-0.2, -0.15) is 0 Å². The molecule has 17 heavy (non-hydrogen) atoms. The van der Waals surface area contributed by atoms with E-state index in [1.165, 1.54) is 12.8 Å². The van der Waals surface area contributed by atoms with Gasteiger partial charge in [-0.15, -0.1) is 0 Å². The van der Waals surface area contributed by atoms with E-state index >= 15 is 0 Å². The van der Waals surface area contributed by atoms with Crippen LogP contribution in [-0.2, 0) is 0 Å². The molecule has 1 fully saturated rings. The average Bonchev–Trinajstić information content (AvgIpc) is 2.57. The van der Waals surface area contributed by atoms with Gasteiger partial charge in [-0.05, 0) is 26.2 Å². The zero-order chi connectivity index (χ0) is 12.9. The first-order valence-corrected chi connectivity index (χ1v) is 6.41. The van der Waals surface area contributed by atoms with Crippen molar-refractivity contribution in [2.45, 2.75) is 51.5 Å². The summed E-state index contributed by atoms with van der Waals surface area (Å²) in [5, 5.41) is 10.4. The summed E-state index contributed by atoms with van der Waals surface area (Å²) in [7, 11) is 0. The molecule has 1 aliphatic heterocycles. The molecule has 1 atom stereocenters. The number of hydrogen-bond donors (Lipinski definition) is 3. The average molecular weight is 240 g/mol. The van der Waals surface area contributed by atoms with Gasteiger partial charge in [0, 0.05) is 13.1 Å². The first kappa shape index (κ1) is 13.8. The number of rotatable bonds is 3. The Labute approximate surface area is 103 Å². The van der Waals surface area contributed by atoms with E-state index in [0.29, 0.717) is 6.42 Å². The predicted octanol–water partition coefficient (Wildman–Crippen LogP) is 1.68. The van der Waals surface area contributed by atoms with Crippen LogP contribution in [0.3, 0.4) is 0 Å². The van der Waals surface area contributed by atoms with Crippen LogP contribution in [0.15, 0.2) is 0 Å². The van der Waals surface area contributed by atoms with Gasteiger partial charge in [0.25, 0.3) is 0 Å². The Kier molecular flexibility index (Phi) is 4.78. The second kappa shape index (κ2) is 5.89. The summed E-state index contributed by atoms with van der Waals surface area (Å²) in [6.07, 6.45) is 5.15. The summed E-state index contributed by atoms with van der Waals surface area (Å²) < 4.78 is 0. The van der Waals surface area contributed by atoms with Crippen LogP contribution in [0.1, 0.15) is 46.0 Å². The van der Waals surface area contributed by atoms with Crippen LogP contribution >= 0.6 is 0 Å². The van der Waals surface area contributed by atoms with Crippen LogP contribution in [0, 0.1) is 5.41 Å². The quantitative estimate of drug-likeness (QED) is 0.518. The Morgan fingerprint density at radius 2 is 1.88 bits per heavy atom. The van der Waals surface area contributed by atoms with Crippen molar-refractivity contribution in [2.24, 2.45) is 5.73 Å². The highest BCUT2D eigenvalue weighted by molar-refractivity contribution is 5.91. The van der Waals surface area contributed by atoms with Crippen LogP contribution in [0.4, 0.5) is 4.79 Å². The molecule has 4 N–H and O–H groups in total. The van der Waals surface area contributed by atoms with Crippen LogP contribution < -0.4 is 11.1 Å². The van der Waals surface area contributed by atoms with Crippen molar-refractivity contribution in [3.63, 3.8) is 0 Å². The molecule has 0 saturated carbocycles. The molecule has 0 bridgehead atoms. The van der Waals surface area contributed by atoms with Crippen molar-refractivity contribution < 1.29 is 4.79 Å². The van der Waals surface area contributed by atoms with Gasteiger partial charge >= 0.3 is 6.03 Å². The largest absolute Gasteiger partial charge is 0.386 e. The van der Waals surface area contributed by atoms with Crippen LogP contribution in [0.25, 0.3) is 0 Å².